The number of hydrogen-bond acceptors (Lipinski definition) is 0. The molecule has 1 aromatic rings. The van der Waals surface area contributed by atoms with Crippen LogP contribution in [0.15, 0.2) is 42.5 Å². The molecule has 0 N–H and O–H groups in total. The topological polar surface area (TPSA) is 0 Å². The zero-order valence-corrected chi connectivity index (χ0v) is 9.30. The van der Waals surface area contributed by atoms with Crippen LogP contribution in [-0.4, -0.2) is 0 Å². The van der Waals surface area contributed by atoms with Crippen LogP contribution >= 0.6 is 0 Å². The van der Waals surface area contributed by atoms with Crippen molar-refractivity contribution in [2.75, 3.05) is 0 Å². The van der Waals surface area contributed by atoms with Crippen molar-refractivity contribution in [2.45, 2.75) is 27.2 Å². The van der Waals surface area contributed by atoms with Crippen molar-refractivity contribution in [1.82, 2.24) is 0 Å². The zero-order chi connectivity index (χ0) is 10.6. The second kappa shape index (κ2) is 4.80. The van der Waals surface area contributed by atoms with E-state index in [2.05, 4.69) is 57.7 Å². The summed E-state index contributed by atoms with van der Waals surface area (Å²) in [5.74, 6) is 0. The minimum atomic E-state index is 0.972. The summed E-state index contributed by atoms with van der Waals surface area (Å²) in [4.78, 5) is 0. The molecule has 0 aliphatic heterocycles. The normalized spacial score (nSPS) is 11.5. The van der Waals surface area contributed by atoms with Crippen molar-refractivity contribution >= 4 is 5.57 Å². The highest BCUT2D eigenvalue weighted by atomic mass is 14.0. The van der Waals surface area contributed by atoms with E-state index in [0.717, 1.165) is 6.42 Å². The van der Waals surface area contributed by atoms with Gasteiger partial charge in [-0.3, -0.25) is 0 Å². The number of allylic oxidation sites excluding steroid dienone is 3. The minimum Gasteiger partial charge on any atom is -0.0998 e. The maximum Gasteiger partial charge on any atom is -0.0138 e. The monoisotopic (exact) mass is 186 g/mol. The van der Waals surface area contributed by atoms with E-state index in [-0.39, 0.29) is 0 Å². The summed E-state index contributed by atoms with van der Waals surface area (Å²) >= 11 is 0. The Labute approximate surface area is 87.0 Å². The molecular weight excluding hydrogens is 168 g/mol. The maximum absolute atomic E-state index is 3.89. The van der Waals surface area contributed by atoms with Gasteiger partial charge in [0, 0.05) is 0 Å². The third kappa shape index (κ3) is 3.21. The Balaban J connectivity index is 2.78. The van der Waals surface area contributed by atoms with Gasteiger partial charge in [-0.05, 0) is 38.3 Å². The second-order valence-corrected chi connectivity index (χ2v) is 3.91. The van der Waals surface area contributed by atoms with E-state index in [0.29, 0.717) is 0 Å². The van der Waals surface area contributed by atoms with Crippen molar-refractivity contribution in [3.05, 3.63) is 53.6 Å². The van der Waals surface area contributed by atoms with E-state index in [9.17, 15) is 0 Å². The third-order valence-electron chi connectivity index (χ3n) is 2.26. The zero-order valence-electron chi connectivity index (χ0n) is 9.30. The molecule has 74 valence electrons. The highest BCUT2D eigenvalue weighted by Gasteiger charge is 1.94. The fourth-order valence-electron chi connectivity index (χ4n) is 1.26. The highest BCUT2D eigenvalue weighted by Crippen LogP contribution is 2.15. The first kappa shape index (κ1) is 10.8. The van der Waals surface area contributed by atoms with Gasteiger partial charge >= 0.3 is 0 Å². The van der Waals surface area contributed by atoms with Crippen molar-refractivity contribution in [1.29, 1.82) is 0 Å². The van der Waals surface area contributed by atoms with Crippen LogP contribution in [-0.2, 0) is 0 Å². The molecular formula is C14H18. The quantitative estimate of drug-likeness (QED) is 0.615. The van der Waals surface area contributed by atoms with Crippen molar-refractivity contribution in [2.24, 2.45) is 0 Å². The summed E-state index contributed by atoms with van der Waals surface area (Å²) in [6.45, 7) is 10.2. The van der Waals surface area contributed by atoms with E-state index in [1.807, 2.05) is 0 Å². The molecule has 0 heterocycles. The Kier molecular flexibility index (Phi) is 3.70. The average Bonchev–Trinajstić information content (AvgIpc) is 2.15. The molecule has 0 aliphatic rings. The van der Waals surface area contributed by atoms with Gasteiger partial charge in [0.2, 0.25) is 0 Å². The highest BCUT2D eigenvalue weighted by molar-refractivity contribution is 5.63. The number of aryl methyl sites for hydroxylation is 1. The van der Waals surface area contributed by atoms with E-state index in [4.69, 9.17) is 0 Å². The molecule has 0 radical (unpaired) electrons. The van der Waals surface area contributed by atoms with Gasteiger partial charge in [-0.25, -0.2) is 0 Å². The van der Waals surface area contributed by atoms with Crippen LogP contribution in [0.5, 0.6) is 0 Å². The Bertz CT molecular complexity index is 339. The lowest BCUT2D eigenvalue weighted by Gasteiger charge is -2.02. The van der Waals surface area contributed by atoms with Crippen molar-refractivity contribution in [3.8, 4) is 0 Å². The summed E-state index contributed by atoms with van der Waals surface area (Å²) in [7, 11) is 0. The van der Waals surface area contributed by atoms with E-state index in [1.165, 1.54) is 22.3 Å². The lowest BCUT2D eigenvalue weighted by molar-refractivity contribution is 1.22. The van der Waals surface area contributed by atoms with Gasteiger partial charge in [-0.2, -0.15) is 0 Å². The van der Waals surface area contributed by atoms with Gasteiger partial charge in [0.05, 0.1) is 0 Å². The molecule has 0 fully saturated rings. The molecule has 14 heavy (non-hydrogen) atoms. The summed E-state index contributed by atoms with van der Waals surface area (Å²) < 4.78 is 0. The molecule has 0 heteroatoms. The molecule has 0 nitrogen and oxygen atoms in total. The molecule has 0 aromatic heterocycles. The van der Waals surface area contributed by atoms with Gasteiger partial charge in [0.15, 0.2) is 0 Å². The average molecular weight is 186 g/mol. The minimum absolute atomic E-state index is 0.972. The molecule has 0 atom stereocenters. The number of rotatable bonds is 3. The van der Waals surface area contributed by atoms with Crippen LogP contribution < -0.4 is 0 Å². The molecule has 0 saturated carbocycles. The predicted octanol–water partition coefficient (Wildman–Crippen LogP) is 4.36. The molecule has 0 saturated heterocycles. The van der Waals surface area contributed by atoms with Crippen LogP contribution in [0.2, 0.25) is 0 Å². The van der Waals surface area contributed by atoms with E-state index in [1.54, 1.807) is 0 Å². The maximum atomic E-state index is 3.89. The Morgan fingerprint density at radius 2 is 1.79 bits per heavy atom. The van der Waals surface area contributed by atoms with Crippen LogP contribution in [0.4, 0.5) is 0 Å². The first-order valence-corrected chi connectivity index (χ1v) is 4.98. The molecule has 0 bridgehead atoms. The fraction of sp³-hybridized carbons (Fsp3) is 0.286. The van der Waals surface area contributed by atoms with Crippen molar-refractivity contribution in [3.63, 3.8) is 0 Å². The van der Waals surface area contributed by atoms with Gasteiger partial charge in [0.25, 0.3) is 0 Å². The smallest absolute Gasteiger partial charge is 0.0138 e. The summed E-state index contributed by atoms with van der Waals surface area (Å²) in [6, 6.07) is 8.63. The SMILES string of the molecule is C=C(C)C/C=C(\C)c1ccc(C)cc1. The molecule has 1 aromatic carbocycles. The lowest BCUT2D eigenvalue weighted by Crippen LogP contribution is -1.80. The Morgan fingerprint density at radius 3 is 2.29 bits per heavy atom. The second-order valence-electron chi connectivity index (χ2n) is 3.91. The van der Waals surface area contributed by atoms with Crippen LogP contribution in [0.1, 0.15) is 31.4 Å². The Morgan fingerprint density at radius 1 is 1.21 bits per heavy atom. The third-order valence-corrected chi connectivity index (χ3v) is 2.26. The van der Waals surface area contributed by atoms with Gasteiger partial charge < -0.3 is 0 Å². The first-order chi connectivity index (χ1) is 6.59. The summed E-state index contributed by atoms with van der Waals surface area (Å²) in [6.07, 6.45) is 3.20. The largest absolute Gasteiger partial charge is 0.0998 e. The van der Waals surface area contributed by atoms with Gasteiger partial charge in [-0.15, -0.1) is 0 Å². The Hall–Kier alpha value is -1.30. The van der Waals surface area contributed by atoms with Crippen LogP contribution in [0, 0.1) is 6.92 Å². The van der Waals surface area contributed by atoms with Gasteiger partial charge in [0.1, 0.15) is 0 Å². The lowest BCUT2D eigenvalue weighted by atomic mass is 10.0. The van der Waals surface area contributed by atoms with E-state index < -0.39 is 0 Å². The molecule has 0 unspecified atom stereocenters. The summed E-state index contributed by atoms with van der Waals surface area (Å²) in [5, 5.41) is 0. The molecule has 0 amide bonds. The molecule has 0 spiro atoms. The number of benzene rings is 1. The van der Waals surface area contributed by atoms with Crippen LogP contribution in [0.25, 0.3) is 5.57 Å². The van der Waals surface area contributed by atoms with E-state index >= 15 is 0 Å². The first-order valence-electron chi connectivity index (χ1n) is 4.98. The van der Waals surface area contributed by atoms with Gasteiger partial charge in [-0.1, -0.05) is 48.1 Å². The van der Waals surface area contributed by atoms with Crippen LogP contribution in [0.3, 0.4) is 0 Å². The standard InChI is InChI=1S/C14H18/c1-11(2)5-8-13(4)14-9-6-12(3)7-10-14/h6-10H,1,5H2,2-4H3/b13-8+. The summed E-state index contributed by atoms with van der Waals surface area (Å²) in [5.41, 5.74) is 5.14. The van der Waals surface area contributed by atoms with Crippen molar-refractivity contribution < 1.29 is 0 Å². The molecule has 1 rings (SSSR count). The number of hydrogen-bond donors (Lipinski definition) is 0. The predicted molar refractivity (Wildman–Crippen MR) is 64.3 cm³/mol. The molecule has 0 aliphatic carbocycles. The fourth-order valence-corrected chi connectivity index (χ4v) is 1.26.